The summed E-state index contributed by atoms with van der Waals surface area (Å²) in [5, 5.41) is 8.80. The van der Waals surface area contributed by atoms with Crippen molar-refractivity contribution in [2.45, 2.75) is 40.5 Å². The zero-order valence-corrected chi connectivity index (χ0v) is 18.3. The van der Waals surface area contributed by atoms with E-state index in [0.29, 0.717) is 24.9 Å². The Morgan fingerprint density at radius 3 is 1.87 bits per heavy atom. The summed E-state index contributed by atoms with van der Waals surface area (Å²) in [6.45, 7) is 9.17. The van der Waals surface area contributed by atoms with Crippen molar-refractivity contribution in [3.63, 3.8) is 0 Å². The molecule has 2 aromatic carbocycles. The Morgan fingerprint density at radius 2 is 1.30 bits per heavy atom. The minimum Gasteiger partial charge on any atom is -0.494 e. The van der Waals surface area contributed by atoms with Crippen LogP contribution in [0.15, 0.2) is 48.5 Å². The second-order valence-corrected chi connectivity index (χ2v) is 8.18. The molecule has 0 radical (unpaired) electrons. The van der Waals surface area contributed by atoms with Crippen LogP contribution in [-0.2, 0) is 9.59 Å². The zero-order chi connectivity index (χ0) is 21.9. The number of carbonyl (C=O) groups is 2. The number of anilines is 3. The highest BCUT2D eigenvalue weighted by atomic mass is 16.5. The highest BCUT2D eigenvalue weighted by Gasteiger charge is 2.06. The molecule has 2 rings (SSSR count). The zero-order valence-electron chi connectivity index (χ0n) is 18.3. The lowest BCUT2D eigenvalue weighted by Gasteiger charge is -2.11. The van der Waals surface area contributed by atoms with Crippen LogP contribution < -0.4 is 20.7 Å². The van der Waals surface area contributed by atoms with Crippen LogP contribution in [0.5, 0.6) is 5.75 Å². The first-order chi connectivity index (χ1) is 14.3. The molecule has 3 N–H and O–H groups in total. The van der Waals surface area contributed by atoms with Gasteiger partial charge in [0.25, 0.3) is 0 Å². The predicted molar refractivity (Wildman–Crippen MR) is 123 cm³/mol. The molecule has 162 valence electrons. The molecule has 2 aromatic rings. The van der Waals surface area contributed by atoms with Crippen molar-refractivity contribution in [2.24, 2.45) is 11.8 Å². The van der Waals surface area contributed by atoms with Crippen molar-refractivity contribution in [3.8, 4) is 5.75 Å². The van der Waals surface area contributed by atoms with Crippen LogP contribution >= 0.6 is 0 Å². The molecule has 0 unspecified atom stereocenters. The van der Waals surface area contributed by atoms with E-state index in [0.717, 1.165) is 29.2 Å². The van der Waals surface area contributed by atoms with Gasteiger partial charge in [-0.3, -0.25) is 9.59 Å². The normalized spacial score (nSPS) is 10.7. The number of rotatable bonds is 11. The van der Waals surface area contributed by atoms with E-state index in [-0.39, 0.29) is 18.4 Å². The van der Waals surface area contributed by atoms with Gasteiger partial charge in [0.2, 0.25) is 11.8 Å². The molecule has 0 spiro atoms. The van der Waals surface area contributed by atoms with Crippen molar-refractivity contribution < 1.29 is 14.3 Å². The molecular weight excluding hydrogens is 378 g/mol. The Balaban J connectivity index is 1.74. The lowest BCUT2D eigenvalue weighted by Crippen LogP contribution is -2.21. The summed E-state index contributed by atoms with van der Waals surface area (Å²) in [4.78, 5) is 24.0. The number of nitrogens with one attached hydrogen (secondary N) is 3. The van der Waals surface area contributed by atoms with Crippen LogP contribution in [0.2, 0.25) is 0 Å². The minimum atomic E-state index is -0.141. The van der Waals surface area contributed by atoms with Crippen molar-refractivity contribution in [1.82, 2.24) is 0 Å². The van der Waals surface area contributed by atoms with Crippen LogP contribution in [-0.4, -0.2) is 25.0 Å². The fraction of sp³-hybridized carbons (Fsp3) is 0.417. The average Bonchev–Trinajstić information content (AvgIpc) is 2.68. The summed E-state index contributed by atoms with van der Waals surface area (Å²) >= 11 is 0. The second kappa shape index (κ2) is 11.9. The Bertz CT molecular complexity index is 799. The van der Waals surface area contributed by atoms with Gasteiger partial charge < -0.3 is 20.7 Å². The van der Waals surface area contributed by atoms with E-state index in [1.54, 1.807) is 0 Å². The molecule has 0 aliphatic carbocycles. The lowest BCUT2D eigenvalue weighted by atomic mass is 10.1. The summed E-state index contributed by atoms with van der Waals surface area (Å²) in [5.74, 6) is 1.58. The summed E-state index contributed by atoms with van der Waals surface area (Å²) in [5.41, 5.74) is 2.27. The molecule has 0 aliphatic heterocycles. The topological polar surface area (TPSA) is 79.5 Å². The maximum Gasteiger partial charge on any atom is 0.243 e. The van der Waals surface area contributed by atoms with Gasteiger partial charge in [-0.15, -0.1) is 0 Å². The molecule has 2 amide bonds. The molecule has 0 aliphatic rings. The van der Waals surface area contributed by atoms with E-state index in [9.17, 15) is 9.59 Å². The standard InChI is InChI=1S/C24H33N3O3/c1-17(2)13-14-30-22-11-9-21(10-12-22)27-24(29)16-25-19-5-7-20(8-6-19)26-23(28)15-18(3)4/h5-12,17-18,25H,13-16H2,1-4H3,(H,26,28)(H,27,29). The smallest absolute Gasteiger partial charge is 0.243 e. The van der Waals surface area contributed by atoms with Crippen LogP contribution in [0, 0.1) is 11.8 Å². The highest BCUT2D eigenvalue weighted by Crippen LogP contribution is 2.17. The van der Waals surface area contributed by atoms with Crippen LogP contribution in [0.1, 0.15) is 40.5 Å². The average molecular weight is 412 g/mol. The largest absolute Gasteiger partial charge is 0.494 e. The number of carbonyl (C=O) groups excluding carboxylic acids is 2. The van der Waals surface area contributed by atoms with Gasteiger partial charge in [0.05, 0.1) is 13.2 Å². The predicted octanol–water partition coefficient (Wildman–Crippen LogP) is 5.15. The molecule has 0 atom stereocenters. The fourth-order valence-electron chi connectivity index (χ4n) is 2.69. The van der Waals surface area contributed by atoms with Gasteiger partial charge in [-0.25, -0.2) is 0 Å². The maximum atomic E-state index is 12.2. The first-order valence-corrected chi connectivity index (χ1v) is 10.5. The molecular formula is C24H33N3O3. The van der Waals surface area contributed by atoms with Crippen LogP contribution in [0.4, 0.5) is 17.1 Å². The number of ether oxygens (including phenoxy) is 1. The maximum absolute atomic E-state index is 12.2. The molecule has 6 nitrogen and oxygen atoms in total. The van der Waals surface area contributed by atoms with Crippen molar-refractivity contribution in [3.05, 3.63) is 48.5 Å². The monoisotopic (exact) mass is 411 g/mol. The molecule has 0 fully saturated rings. The van der Waals surface area contributed by atoms with Gasteiger partial charge in [-0.05, 0) is 66.8 Å². The van der Waals surface area contributed by atoms with Gasteiger partial charge in [-0.2, -0.15) is 0 Å². The number of amides is 2. The second-order valence-electron chi connectivity index (χ2n) is 8.18. The summed E-state index contributed by atoms with van der Waals surface area (Å²) in [6.07, 6.45) is 1.50. The summed E-state index contributed by atoms with van der Waals surface area (Å²) < 4.78 is 5.68. The molecule has 6 heteroatoms. The Labute approximate surface area is 179 Å². The summed E-state index contributed by atoms with van der Waals surface area (Å²) in [7, 11) is 0. The third-order valence-corrected chi connectivity index (χ3v) is 4.32. The minimum absolute atomic E-state index is 0.00132. The van der Waals surface area contributed by atoms with E-state index in [1.807, 2.05) is 62.4 Å². The molecule has 0 bridgehead atoms. The Kier molecular flexibility index (Phi) is 9.19. The quantitative estimate of drug-likeness (QED) is 0.478. The van der Waals surface area contributed by atoms with Crippen molar-refractivity contribution in [1.29, 1.82) is 0 Å². The van der Waals surface area contributed by atoms with Crippen molar-refractivity contribution >= 4 is 28.9 Å². The third-order valence-electron chi connectivity index (χ3n) is 4.32. The molecule has 30 heavy (non-hydrogen) atoms. The lowest BCUT2D eigenvalue weighted by molar-refractivity contribution is -0.117. The molecule has 0 saturated heterocycles. The highest BCUT2D eigenvalue weighted by molar-refractivity contribution is 5.94. The number of hydrogen-bond donors (Lipinski definition) is 3. The SMILES string of the molecule is CC(C)CCOc1ccc(NC(=O)CNc2ccc(NC(=O)CC(C)C)cc2)cc1. The van der Waals surface area contributed by atoms with Gasteiger partial charge in [-0.1, -0.05) is 27.7 Å². The molecule has 0 saturated carbocycles. The van der Waals surface area contributed by atoms with Crippen LogP contribution in [0.25, 0.3) is 0 Å². The first kappa shape index (κ1) is 23.3. The Morgan fingerprint density at radius 1 is 0.767 bits per heavy atom. The fourth-order valence-corrected chi connectivity index (χ4v) is 2.69. The number of hydrogen-bond acceptors (Lipinski definition) is 4. The number of benzene rings is 2. The van der Waals surface area contributed by atoms with Crippen molar-refractivity contribution in [2.75, 3.05) is 29.1 Å². The van der Waals surface area contributed by atoms with E-state index in [2.05, 4.69) is 29.8 Å². The van der Waals surface area contributed by atoms with Crippen LogP contribution in [0.3, 0.4) is 0 Å². The van der Waals surface area contributed by atoms with Gasteiger partial charge >= 0.3 is 0 Å². The van der Waals surface area contributed by atoms with E-state index >= 15 is 0 Å². The summed E-state index contributed by atoms with van der Waals surface area (Å²) in [6, 6.07) is 14.7. The molecule has 0 heterocycles. The third kappa shape index (κ3) is 8.99. The Hall–Kier alpha value is -3.02. The van der Waals surface area contributed by atoms with E-state index in [4.69, 9.17) is 4.74 Å². The molecule has 0 aromatic heterocycles. The van der Waals surface area contributed by atoms with Gasteiger partial charge in [0.1, 0.15) is 5.75 Å². The van der Waals surface area contributed by atoms with Gasteiger partial charge in [0.15, 0.2) is 0 Å². The van der Waals surface area contributed by atoms with E-state index < -0.39 is 0 Å². The first-order valence-electron chi connectivity index (χ1n) is 10.5. The van der Waals surface area contributed by atoms with Gasteiger partial charge in [0, 0.05) is 23.5 Å². The van der Waals surface area contributed by atoms with E-state index in [1.165, 1.54) is 0 Å².